The molecule has 0 saturated heterocycles. The smallest absolute Gasteiger partial charge is 0.781 e. The maximum atomic E-state index is 11.9. The van der Waals surface area contributed by atoms with Crippen LogP contribution in [0.3, 0.4) is 0 Å². The van der Waals surface area contributed by atoms with Crippen molar-refractivity contribution in [1.82, 2.24) is 0 Å². The third-order valence-electron chi connectivity index (χ3n) is 6.23. The summed E-state index contributed by atoms with van der Waals surface area (Å²) >= 11 is 0. The largest absolute Gasteiger partial charge is 1.00 e. The standard InChI is InChI=1S/C27H52O5.C2H6NO4P.Na/c1-3-5-7-9-11-13-15-17-19-21-26(29)31-24-25(23-28)32-27(30)22-20-18-16-14-12-10-8-6-4-2;3-2(4)1-7-8(5)6;/h25,28H,3-24H2,1-2H3;8H,1H2,(H2,3,4)(H,5,6);/q;;+1/p-1/t25-;;/m0../s1. The van der Waals surface area contributed by atoms with Crippen LogP contribution < -0.4 is 40.2 Å². The minimum absolute atomic E-state index is 0. The van der Waals surface area contributed by atoms with Crippen LogP contribution in [0.2, 0.25) is 0 Å². The Balaban J connectivity index is -0.00000139. The van der Waals surface area contributed by atoms with Crippen LogP contribution in [0.4, 0.5) is 0 Å². The Morgan fingerprint density at radius 1 is 0.732 bits per heavy atom. The van der Waals surface area contributed by atoms with Crippen LogP contribution in [-0.2, 0) is 32.9 Å². The average molecular weight is 618 g/mol. The molecule has 238 valence electrons. The van der Waals surface area contributed by atoms with Gasteiger partial charge in [-0.2, -0.15) is 0 Å². The molecular weight excluding hydrogens is 560 g/mol. The van der Waals surface area contributed by atoms with Crippen molar-refractivity contribution in [3.63, 3.8) is 0 Å². The van der Waals surface area contributed by atoms with Gasteiger partial charge in [-0.25, -0.2) is 0 Å². The van der Waals surface area contributed by atoms with Gasteiger partial charge in [0.25, 0.3) is 0 Å². The van der Waals surface area contributed by atoms with Gasteiger partial charge in [-0.05, 0) is 12.8 Å². The Morgan fingerprint density at radius 3 is 1.46 bits per heavy atom. The molecule has 0 aliphatic carbocycles. The molecule has 12 heteroatoms. The SMILES string of the molecule is CCCCCCCCCCCC(=O)OC[C@H](CO)OC(=O)CCCCCCCCCCC.NC(=O)CO[PH](=O)[O-].[Na+]. The van der Waals surface area contributed by atoms with Crippen LogP contribution in [0.15, 0.2) is 0 Å². The van der Waals surface area contributed by atoms with Crippen molar-refractivity contribution in [3.05, 3.63) is 0 Å². The molecule has 10 nitrogen and oxygen atoms in total. The van der Waals surface area contributed by atoms with Crippen molar-refractivity contribution in [2.24, 2.45) is 5.73 Å². The Hall–Kier alpha value is -0.480. The van der Waals surface area contributed by atoms with Crippen molar-refractivity contribution >= 4 is 26.1 Å². The summed E-state index contributed by atoms with van der Waals surface area (Å²) in [5.74, 6) is -1.39. The van der Waals surface area contributed by atoms with Gasteiger partial charge in [0.15, 0.2) is 6.10 Å². The molecule has 0 aromatic rings. The fourth-order valence-corrected chi connectivity index (χ4v) is 4.18. The minimum Gasteiger partial charge on any atom is -0.781 e. The number of amides is 1. The van der Waals surface area contributed by atoms with E-state index in [1.807, 2.05) is 0 Å². The number of primary amides is 1. The second kappa shape index (κ2) is 35.7. The number of rotatable bonds is 27. The van der Waals surface area contributed by atoms with Crippen molar-refractivity contribution < 1.29 is 72.5 Å². The number of carbonyl (C=O) groups is 3. The van der Waals surface area contributed by atoms with Crippen molar-refractivity contribution in [1.29, 1.82) is 0 Å². The van der Waals surface area contributed by atoms with Crippen LogP contribution in [-0.4, -0.2) is 48.9 Å². The predicted molar refractivity (Wildman–Crippen MR) is 156 cm³/mol. The van der Waals surface area contributed by atoms with E-state index in [1.165, 1.54) is 77.0 Å². The van der Waals surface area contributed by atoms with E-state index in [1.54, 1.807) is 0 Å². The summed E-state index contributed by atoms with van der Waals surface area (Å²) in [6, 6.07) is 0. The predicted octanol–water partition coefficient (Wildman–Crippen LogP) is 2.52. The number of aliphatic hydroxyl groups is 1. The van der Waals surface area contributed by atoms with E-state index in [4.69, 9.17) is 9.47 Å². The van der Waals surface area contributed by atoms with Crippen LogP contribution in [0.1, 0.15) is 142 Å². The molecule has 0 aromatic heterocycles. The van der Waals surface area contributed by atoms with Gasteiger partial charge in [0, 0.05) is 12.8 Å². The minimum atomic E-state index is -3.23. The normalized spacial score (nSPS) is 11.9. The molecule has 1 amide bonds. The zero-order valence-electron chi connectivity index (χ0n) is 26.1. The number of aliphatic hydroxyl groups excluding tert-OH is 1. The molecule has 0 heterocycles. The molecule has 0 spiro atoms. The second-order valence-corrected chi connectivity index (χ2v) is 10.9. The van der Waals surface area contributed by atoms with E-state index in [9.17, 15) is 28.9 Å². The topological polar surface area (TPSA) is 165 Å². The molecule has 0 rings (SSSR count). The molecule has 0 aliphatic heterocycles. The molecule has 1 unspecified atom stereocenters. The summed E-state index contributed by atoms with van der Waals surface area (Å²) in [6.07, 6.45) is 21.5. The Labute approximate surface area is 271 Å². The third-order valence-corrected chi connectivity index (χ3v) is 6.61. The molecule has 2 atom stereocenters. The summed E-state index contributed by atoms with van der Waals surface area (Å²) in [5.41, 5.74) is 4.52. The first-order chi connectivity index (χ1) is 19.3. The van der Waals surface area contributed by atoms with E-state index >= 15 is 0 Å². The molecule has 0 saturated carbocycles. The second-order valence-electron chi connectivity index (χ2n) is 10.1. The van der Waals surface area contributed by atoms with Crippen LogP contribution >= 0.6 is 8.25 Å². The van der Waals surface area contributed by atoms with Crippen LogP contribution in [0, 0.1) is 0 Å². The van der Waals surface area contributed by atoms with Gasteiger partial charge in [0.05, 0.1) is 6.61 Å². The van der Waals surface area contributed by atoms with Gasteiger partial charge in [-0.15, -0.1) is 0 Å². The molecule has 0 aromatic carbocycles. The summed E-state index contributed by atoms with van der Waals surface area (Å²) in [6.45, 7) is 3.51. The number of ether oxygens (including phenoxy) is 2. The molecule has 0 fully saturated rings. The van der Waals surface area contributed by atoms with E-state index in [0.29, 0.717) is 12.8 Å². The van der Waals surface area contributed by atoms with Crippen LogP contribution in [0.25, 0.3) is 0 Å². The maximum absolute atomic E-state index is 11.9. The Morgan fingerprint density at radius 2 is 1.12 bits per heavy atom. The van der Waals surface area contributed by atoms with Crippen molar-refractivity contribution in [2.45, 2.75) is 148 Å². The summed E-state index contributed by atoms with van der Waals surface area (Å²) < 4.78 is 23.8. The number of unbranched alkanes of at least 4 members (excludes halogenated alkanes) is 16. The molecule has 0 radical (unpaired) electrons. The number of nitrogens with two attached hydrogens (primary N) is 1. The number of esters is 2. The van der Waals surface area contributed by atoms with E-state index in [2.05, 4.69) is 24.1 Å². The average Bonchev–Trinajstić information content (AvgIpc) is 2.92. The zero-order valence-corrected chi connectivity index (χ0v) is 29.1. The summed E-state index contributed by atoms with van der Waals surface area (Å²) in [5, 5.41) is 9.40. The van der Waals surface area contributed by atoms with E-state index < -0.39 is 26.9 Å². The first kappa shape index (κ1) is 45.0. The van der Waals surface area contributed by atoms with E-state index in [-0.39, 0.29) is 54.7 Å². The number of hydrogen-bond donors (Lipinski definition) is 2. The third kappa shape index (κ3) is 39.5. The fourth-order valence-electron chi connectivity index (χ4n) is 3.92. The van der Waals surface area contributed by atoms with Gasteiger partial charge >= 0.3 is 41.5 Å². The number of carbonyl (C=O) groups excluding carboxylic acids is 3. The Kier molecular flexibility index (Phi) is 39.2. The fraction of sp³-hybridized carbons (Fsp3) is 0.897. The van der Waals surface area contributed by atoms with Gasteiger partial charge in [-0.3, -0.25) is 14.4 Å². The number of hydrogen-bond acceptors (Lipinski definition) is 9. The van der Waals surface area contributed by atoms with Crippen LogP contribution in [0.5, 0.6) is 0 Å². The quantitative estimate of drug-likeness (QED) is 0.0610. The first-order valence-corrected chi connectivity index (χ1v) is 16.6. The zero-order chi connectivity index (χ0) is 30.3. The molecule has 0 bridgehead atoms. The molecule has 0 aliphatic rings. The maximum Gasteiger partial charge on any atom is 1.00 e. The molecular formula is C29H57NNaO9P. The van der Waals surface area contributed by atoms with Gasteiger partial charge in [-0.1, -0.05) is 117 Å². The molecule has 41 heavy (non-hydrogen) atoms. The van der Waals surface area contributed by atoms with Gasteiger partial charge in [0.2, 0.25) is 5.91 Å². The summed E-state index contributed by atoms with van der Waals surface area (Å²) in [4.78, 5) is 43.1. The first-order valence-electron chi connectivity index (χ1n) is 15.3. The van der Waals surface area contributed by atoms with E-state index in [0.717, 1.165) is 38.5 Å². The van der Waals surface area contributed by atoms with Gasteiger partial charge in [0.1, 0.15) is 21.5 Å². The Bertz CT molecular complexity index is 627. The molecule has 3 N–H and O–H groups in total. The van der Waals surface area contributed by atoms with Gasteiger partial charge < -0.3 is 34.3 Å². The summed E-state index contributed by atoms with van der Waals surface area (Å²) in [7, 11) is -3.23. The van der Waals surface area contributed by atoms with Crippen molar-refractivity contribution in [2.75, 3.05) is 19.8 Å². The van der Waals surface area contributed by atoms with Crippen molar-refractivity contribution in [3.8, 4) is 0 Å². The monoisotopic (exact) mass is 617 g/mol.